The highest BCUT2D eigenvalue weighted by Gasteiger charge is 2.26. The van der Waals surface area contributed by atoms with E-state index in [0.29, 0.717) is 31.1 Å². The number of nitrogens with zero attached hydrogens (tertiary/aromatic N) is 2. The molecule has 2 heterocycles. The van der Waals surface area contributed by atoms with E-state index in [1.165, 1.54) is 11.3 Å². The zero-order valence-electron chi connectivity index (χ0n) is 17.6. The third kappa shape index (κ3) is 4.56. The summed E-state index contributed by atoms with van der Waals surface area (Å²) in [6, 6.07) is 14.0. The lowest BCUT2D eigenvalue weighted by Crippen LogP contribution is -2.48. The summed E-state index contributed by atoms with van der Waals surface area (Å²) in [6.45, 7) is 11.7. The number of benzene rings is 2. The molecule has 0 saturated carbocycles. The van der Waals surface area contributed by atoms with Gasteiger partial charge in [-0.2, -0.15) is 0 Å². The predicted octanol–water partition coefficient (Wildman–Crippen LogP) is 3.80. The zero-order chi connectivity index (χ0) is 20.4. The van der Waals surface area contributed by atoms with Gasteiger partial charge >= 0.3 is 0 Å². The maximum absolute atomic E-state index is 12.9. The van der Waals surface area contributed by atoms with E-state index >= 15 is 0 Å². The average Bonchev–Trinajstić information content (AvgIpc) is 2.87. The molecule has 5 nitrogen and oxygen atoms in total. The summed E-state index contributed by atoms with van der Waals surface area (Å²) in [4.78, 5) is 17.5. The van der Waals surface area contributed by atoms with Crippen molar-refractivity contribution in [3.63, 3.8) is 0 Å². The van der Waals surface area contributed by atoms with Crippen molar-refractivity contribution in [3.05, 3.63) is 53.6 Å². The molecule has 2 aliphatic heterocycles. The number of hydrogen-bond acceptors (Lipinski definition) is 5. The van der Waals surface area contributed by atoms with E-state index in [4.69, 9.17) is 9.47 Å². The van der Waals surface area contributed by atoms with Gasteiger partial charge in [-0.05, 0) is 36.8 Å². The van der Waals surface area contributed by atoms with Crippen molar-refractivity contribution in [2.45, 2.75) is 20.8 Å². The number of carbonyl (C=O) groups excluding carboxylic acids is 1. The van der Waals surface area contributed by atoms with Crippen molar-refractivity contribution in [1.29, 1.82) is 0 Å². The number of fused-ring (bicyclic) bond motifs is 1. The number of hydrogen-bond donors (Lipinski definition) is 0. The first-order chi connectivity index (χ1) is 13.9. The molecule has 2 aromatic carbocycles. The van der Waals surface area contributed by atoms with Crippen LogP contribution in [0.3, 0.4) is 0 Å². The van der Waals surface area contributed by atoms with E-state index < -0.39 is 0 Å². The molecule has 0 N–H and O–H groups in total. The van der Waals surface area contributed by atoms with Gasteiger partial charge in [0.15, 0.2) is 17.3 Å². The quantitative estimate of drug-likeness (QED) is 0.738. The van der Waals surface area contributed by atoms with E-state index in [9.17, 15) is 4.79 Å². The van der Waals surface area contributed by atoms with Gasteiger partial charge in [0.1, 0.15) is 0 Å². The summed E-state index contributed by atoms with van der Waals surface area (Å²) < 4.78 is 11.8. The molecule has 0 unspecified atom stereocenters. The number of anilines is 1. The molecule has 2 aromatic rings. The van der Waals surface area contributed by atoms with E-state index in [1.54, 1.807) is 0 Å². The lowest BCUT2D eigenvalue weighted by atomic mass is 9.97. The van der Waals surface area contributed by atoms with Gasteiger partial charge in [0, 0.05) is 42.8 Å². The van der Waals surface area contributed by atoms with Crippen LogP contribution in [-0.4, -0.2) is 56.6 Å². The largest absolute Gasteiger partial charge is 0.489 e. The van der Waals surface area contributed by atoms with Crippen LogP contribution < -0.4 is 14.4 Å². The zero-order valence-corrected chi connectivity index (χ0v) is 17.6. The molecular formula is C24H30N2O3. The number of carbonyl (C=O) groups is 1. The fourth-order valence-electron chi connectivity index (χ4n) is 3.86. The molecule has 0 spiro atoms. The Kier molecular flexibility index (Phi) is 5.50. The second-order valence-electron chi connectivity index (χ2n) is 8.88. The second-order valence-corrected chi connectivity index (χ2v) is 8.88. The van der Waals surface area contributed by atoms with Gasteiger partial charge in [-0.25, -0.2) is 0 Å². The second kappa shape index (κ2) is 8.07. The molecule has 1 fully saturated rings. The van der Waals surface area contributed by atoms with Crippen molar-refractivity contribution in [2.75, 3.05) is 50.8 Å². The number of ketones is 1. The molecule has 0 aromatic heterocycles. The Morgan fingerprint density at radius 1 is 0.966 bits per heavy atom. The summed E-state index contributed by atoms with van der Waals surface area (Å²) in [5.74, 6) is 1.52. The van der Waals surface area contributed by atoms with E-state index in [1.807, 2.05) is 18.2 Å². The third-order valence-corrected chi connectivity index (χ3v) is 5.70. The fourth-order valence-corrected chi connectivity index (χ4v) is 3.86. The van der Waals surface area contributed by atoms with Gasteiger partial charge < -0.3 is 14.4 Å². The van der Waals surface area contributed by atoms with E-state index in [2.05, 4.69) is 54.8 Å². The molecule has 4 rings (SSSR count). The van der Waals surface area contributed by atoms with Gasteiger partial charge in [-0.15, -0.1) is 0 Å². The van der Waals surface area contributed by atoms with Crippen molar-refractivity contribution in [1.82, 2.24) is 4.90 Å². The number of rotatable bonds is 4. The number of piperazine rings is 1. The summed E-state index contributed by atoms with van der Waals surface area (Å²) in [5, 5.41) is 0. The third-order valence-electron chi connectivity index (χ3n) is 5.70. The van der Waals surface area contributed by atoms with Gasteiger partial charge in [-0.3, -0.25) is 9.69 Å². The SMILES string of the molecule is Cc1ccccc1N1CCN(CC(=O)c2ccc3c(c2)OCC(C)(C)CO3)CC1. The maximum atomic E-state index is 12.9. The minimum absolute atomic E-state index is 0.0417. The van der Waals surface area contributed by atoms with Crippen molar-refractivity contribution in [2.24, 2.45) is 5.41 Å². The Morgan fingerprint density at radius 2 is 1.66 bits per heavy atom. The Balaban J connectivity index is 1.36. The van der Waals surface area contributed by atoms with Crippen molar-refractivity contribution < 1.29 is 14.3 Å². The minimum Gasteiger partial charge on any atom is -0.489 e. The smallest absolute Gasteiger partial charge is 0.176 e. The maximum Gasteiger partial charge on any atom is 0.176 e. The Labute approximate surface area is 173 Å². The molecule has 0 aliphatic carbocycles. The Bertz CT molecular complexity index is 885. The van der Waals surface area contributed by atoms with Crippen LogP contribution in [0, 0.1) is 12.3 Å². The van der Waals surface area contributed by atoms with Crippen LogP contribution >= 0.6 is 0 Å². The molecule has 2 aliphatic rings. The first-order valence-electron chi connectivity index (χ1n) is 10.4. The molecule has 5 heteroatoms. The van der Waals surface area contributed by atoms with E-state index in [0.717, 1.165) is 31.9 Å². The monoisotopic (exact) mass is 394 g/mol. The van der Waals surface area contributed by atoms with Crippen LogP contribution in [0.4, 0.5) is 5.69 Å². The molecule has 0 bridgehead atoms. The molecular weight excluding hydrogens is 364 g/mol. The number of Topliss-reactive ketones (excluding diaryl/α,β-unsaturated/α-hetero) is 1. The molecule has 29 heavy (non-hydrogen) atoms. The van der Waals surface area contributed by atoms with Crippen LogP contribution in [-0.2, 0) is 0 Å². The number of ether oxygens (including phenoxy) is 2. The van der Waals surface area contributed by atoms with Crippen molar-refractivity contribution in [3.8, 4) is 11.5 Å². The van der Waals surface area contributed by atoms with Crippen molar-refractivity contribution >= 4 is 11.5 Å². The highest BCUT2D eigenvalue weighted by Crippen LogP contribution is 2.34. The fraction of sp³-hybridized carbons (Fsp3) is 0.458. The Hall–Kier alpha value is -2.53. The van der Waals surface area contributed by atoms with Gasteiger partial charge in [0.05, 0.1) is 19.8 Å². The summed E-state index contributed by atoms with van der Waals surface area (Å²) >= 11 is 0. The van der Waals surface area contributed by atoms with Crippen LogP contribution in [0.2, 0.25) is 0 Å². The predicted molar refractivity (Wildman–Crippen MR) is 115 cm³/mol. The lowest BCUT2D eigenvalue weighted by molar-refractivity contribution is 0.0926. The molecule has 1 saturated heterocycles. The highest BCUT2D eigenvalue weighted by atomic mass is 16.5. The first kappa shape index (κ1) is 19.8. The van der Waals surface area contributed by atoms with Gasteiger partial charge in [0.25, 0.3) is 0 Å². The lowest BCUT2D eigenvalue weighted by Gasteiger charge is -2.36. The number of para-hydroxylation sites is 1. The topological polar surface area (TPSA) is 42.0 Å². The average molecular weight is 395 g/mol. The highest BCUT2D eigenvalue weighted by molar-refractivity contribution is 5.98. The van der Waals surface area contributed by atoms with Crippen LogP contribution in [0.25, 0.3) is 0 Å². The van der Waals surface area contributed by atoms with E-state index in [-0.39, 0.29) is 11.2 Å². The minimum atomic E-state index is -0.0417. The van der Waals surface area contributed by atoms with Crippen LogP contribution in [0.5, 0.6) is 11.5 Å². The van der Waals surface area contributed by atoms with Crippen LogP contribution in [0.1, 0.15) is 29.8 Å². The summed E-state index contributed by atoms with van der Waals surface area (Å²) in [5.41, 5.74) is 3.24. The molecule has 0 atom stereocenters. The molecule has 0 amide bonds. The number of aryl methyl sites for hydroxylation is 1. The van der Waals surface area contributed by atoms with Gasteiger partial charge in [0.2, 0.25) is 0 Å². The molecule has 154 valence electrons. The summed E-state index contributed by atoms with van der Waals surface area (Å²) in [6.07, 6.45) is 0. The summed E-state index contributed by atoms with van der Waals surface area (Å²) in [7, 11) is 0. The molecule has 0 radical (unpaired) electrons. The standard InChI is InChI=1S/C24H30N2O3/c1-18-6-4-5-7-20(18)26-12-10-25(11-13-26)15-21(27)19-8-9-22-23(14-19)29-17-24(2,3)16-28-22/h4-9,14H,10-13,15-17H2,1-3H3. The first-order valence-corrected chi connectivity index (χ1v) is 10.4. The normalized spacial score (nSPS) is 18.9. The van der Waals surface area contributed by atoms with Crippen LogP contribution in [0.15, 0.2) is 42.5 Å². The van der Waals surface area contributed by atoms with Gasteiger partial charge in [-0.1, -0.05) is 32.0 Å². The Morgan fingerprint density at radius 3 is 2.38 bits per heavy atom.